The van der Waals surface area contributed by atoms with Crippen LogP contribution in [-0.2, 0) is 11.3 Å². The number of rotatable bonds is 8. The number of hydrogen-bond donors (Lipinski definition) is 2. The molecule has 0 radical (unpaired) electrons. The van der Waals surface area contributed by atoms with E-state index in [0.717, 1.165) is 69.8 Å². The van der Waals surface area contributed by atoms with Gasteiger partial charge < -0.3 is 24.8 Å². The van der Waals surface area contributed by atoms with Crippen molar-refractivity contribution in [2.45, 2.75) is 44.9 Å². The van der Waals surface area contributed by atoms with E-state index in [-0.39, 0.29) is 0 Å². The lowest BCUT2D eigenvalue weighted by Gasteiger charge is -2.38. The Hall–Kier alpha value is -2.03. The van der Waals surface area contributed by atoms with Crippen molar-refractivity contribution in [2.75, 3.05) is 60.7 Å². The van der Waals surface area contributed by atoms with Crippen LogP contribution in [0.15, 0.2) is 23.2 Å². The average molecular weight is 434 g/mol. The number of hydrogen-bond acceptors (Lipinski definition) is 6. The number of aliphatic imine (C=N–C) groups is 1. The number of benzene rings is 1. The summed E-state index contributed by atoms with van der Waals surface area (Å²) in [5, 5.41) is 7.11. The molecule has 31 heavy (non-hydrogen) atoms. The van der Waals surface area contributed by atoms with Gasteiger partial charge in [-0.25, -0.2) is 0 Å². The summed E-state index contributed by atoms with van der Waals surface area (Å²) in [6, 6.07) is 7.35. The van der Waals surface area contributed by atoms with Gasteiger partial charge in [-0.05, 0) is 38.0 Å². The van der Waals surface area contributed by atoms with Gasteiger partial charge >= 0.3 is 0 Å². The topological polar surface area (TPSA) is 70.6 Å². The molecule has 0 aliphatic carbocycles. The predicted molar refractivity (Wildman–Crippen MR) is 124 cm³/mol. The van der Waals surface area contributed by atoms with Gasteiger partial charge in [-0.15, -0.1) is 0 Å². The lowest BCUT2D eigenvalue weighted by atomic mass is 10.2. The first kappa shape index (κ1) is 23.6. The molecule has 3 atom stereocenters. The molecule has 2 heterocycles. The second-order valence-corrected chi connectivity index (χ2v) is 8.55. The van der Waals surface area contributed by atoms with Crippen molar-refractivity contribution >= 4 is 5.96 Å². The number of nitrogens with zero attached hydrogens (tertiary/aromatic N) is 3. The number of guanidine groups is 1. The number of morpholine rings is 1. The van der Waals surface area contributed by atoms with Crippen LogP contribution >= 0.6 is 0 Å². The van der Waals surface area contributed by atoms with E-state index in [0.29, 0.717) is 18.1 Å². The summed E-state index contributed by atoms with van der Waals surface area (Å²) < 4.78 is 16.4. The van der Waals surface area contributed by atoms with Crippen LogP contribution < -0.4 is 20.1 Å². The summed E-state index contributed by atoms with van der Waals surface area (Å²) in [6.45, 7) is 10.9. The van der Waals surface area contributed by atoms with Gasteiger partial charge in [0.25, 0.3) is 0 Å². The smallest absolute Gasteiger partial charge is 0.191 e. The zero-order chi connectivity index (χ0) is 22.2. The van der Waals surface area contributed by atoms with Crippen LogP contribution in [0.3, 0.4) is 0 Å². The molecule has 8 nitrogen and oxygen atoms in total. The van der Waals surface area contributed by atoms with Crippen LogP contribution in [0.2, 0.25) is 0 Å². The molecule has 3 rings (SSSR count). The molecule has 0 spiro atoms. The van der Waals surface area contributed by atoms with Gasteiger partial charge in [0, 0.05) is 64.0 Å². The molecule has 2 aliphatic rings. The Morgan fingerprint density at radius 2 is 1.97 bits per heavy atom. The Morgan fingerprint density at radius 1 is 1.23 bits per heavy atom. The quantitative estimate of drug-likeness (QED) is 0.476. The molecular formula is C23H39N5O3. The maximum absolute atomic E-state index is 5.56. The second kappa shape index (κ2) is 11.5. The number of ether oxygens (including phenoxy) is 3. The van der Waals surface area contributed by atoms with E-state index in [4.69, 9.17) is 14.2 Å². The van der Waals surface area contributed by atoms with Crippen LogP contribution in [-0.4, -0.2) is 94.5 Å². The normalized spacial score (nSPS) is 24.1. The molecule has 174 valence electrons. The van der Waals surface area contributed by atoms with Crippen molar-refractivity contribution in [2.24, 2.45) is 4.99 Å². The lowest BCUT2D eigenvalue weighted by molar-refractivity contribution is -0.0174. The third kappa shape index (κ3) is 6.72. The van der Waals surface area contributed by atoms with Crippen molar-refractivity contribution in [3.8, 4) is 11.5 Å². The van der Waals surface area contributed by atoms with Gasteiger partial charge in [0.2, 0.25) is 0 Å². The molecule has 0 saturated carbocycles. The van der Waals surface area contributed by atoms with E-state index in [9.17, 15) is 0 Å². The molecule has 0 bridgehead atoms. The number of methoxy groups -OCH3 is 2. The Kier molecular flexibility index (Phi) is 8.80. The Bertz CT molecular complexity index is 707. The Morgan fingerprint density at radius 3 is 2.61 bits per heavy atom. The molecule has 2 fully saturated rings. The monoisotopic (exact) mass is 433 g/mol. The Balaban J connectivity index is 1.46. The van der Waals surface area contributed by atoms with E-state index < -0.39 is 0 Å². The molecule has 0 amide bonds. The van der Waals surface area contributed by atoms with Gasteiger partial charge in [-0.3, -0.25) is 14.8 Å². The van der Waals surface area contributed by atoms with Crippen LogP contribution in [0, 0.1) is 0 Å². The zero-order valence-electron chi connectivity index (χ0n) is 19.7. The Labute approximate surface area is 186 Å². The molecule has 2 N–H and O–H groups in total. The fourth-order valence-corrected chi connectivity index (χ4v) is 4.45. The van der Waals surface area contributed by atoms with Crippen molar-refractivity contribution in [1.29, 1.82) is 0 Å². The van der Waals surface area contributed by atoms with E-state index in [1.807, 2.05) is 13.1 Å². The highest BCUT2D eigenvalue weighted by Crippen LogP contribution is 2.24. The minimum absolute atomic E-state index is 0.385. The van der Waals surface area contributed by atoms with Crippen molar-refractivity contribution in [3.05, 3.63) is 23.8 Å². The van der Waals surface area contributed by atoms with Gasteiger partial charge in [0.1, 0.15) is 11.5 Å². The number of nitrogens with one attached hydrogen (secondary N) is 2. The first-order valence-corrected chi connectivity index (χ1v) is 11.3. The maximum Gasteiger partial charge on any atom is 0.191 e. The van der Waals surface area contributed by atoms with Crippen molar-refractivity contribution in [3.63, 3.8) is 0 Å². The van der Waals surface area contributed by atoms with Crippen molar-refractivity contribution in [1.82, 2.24) is 20.4 Å². The van der Waals surface area contributed by atoms with Gasteiger partial charge in [-0.2, -0.15) is 0 Å². The first-order valence-electron chi connectivity index (χ1n) is 11.3. The molecular weight excluding hydrogens is 394 g/mol. The van der Waals surface area contributed by atoms with Gasteiger partial charge in [0.15, 0.2) is 5.96 Å². The minimum Gasteiger partial charge on any atom is -0.497 e. The molecule has 1 aromatic carbocycles. The highest BCUT2D eigenvalue weighted by Gasteiger charge is 2.25. The number of likely N-dealkylation sites (tertiary alicyclic amines) is 1. The minimum atomic E-state index is 0.385. The third-order valence-corrected chi connectivity index (χ3v) is 6.20. The van der Waals surface area contributed by atoms with Crippen LogP contribution in [0.4, 0.5) is 0 Å². The molecule has 2 aliphatic heterocycles. The summed E-state index contributed by atoms with van der Waals surface area (Å²) in [5.74, 6) is 2.54. The fraction of sp³-hybridized carbons (Fsp3) is 0.696. The third-order valence-electron chi connectivity index (χ3n) is 6.20. The highest BCUT2D eigenvalue weighted by molar-refractivity contribution is 5.80. The van der Waals surface area contributed by atoms with E-state index >= 15 is 0 Å². The van der Waals surface area contributed by atoms with Crippen LogP contribution in [0.25, 0.3) is 0 Å². The SMILES string of the molecule is CN=C(NCC(C)N1CCOCC1C)NC1CCN(Cc2cc(OC)cc(OC)c2)C1. The largest absolute Gasteiger partial charge is 0.497 e. The standard InChI is InChI=1S/C23H39N5O3/c1-17(28-8-9-31-16-18(28)2)13-25-23(24-3)26-20-6-7-27(15-20)14-19-10-21(29-4)12-22(11-19)30-5/h10-12,17-18,20H,6-9,13-16H2,1-5H3,(H2,24,25,26). The predicted octanol–water partition coefficient (Wildman–Crippen LogP) is 1.55. The molecule has 8 heteroatoms. The fourth-order valence-electron chi connectivity index (χ4n) is 4.45. The van der Waals surface area contributed by atoms with E-state index in [1.165, 1.54) is 5.56 Å². The molecule has 2 saturated heterocycles. The van der Waals surface area contributed by atoms with E-state index in [2.05, 4.69) is 51.4 Å². The van der Waals surface area contributed by atoms with E-state index in [1.54, 1.807) is 14.2 Å². The van der Waals surface area contributed by atoms with Crippen LogP contribution in [0.1, 0.15) is 25.8 Å². The maximum atomic E-state index is 5.56. The summed E-state index contributed by atoms with van der Waals surface area (Å²) >= 11 is 0. The average Bonchev–Trinajstić information content (AvgIpc) is 3.22. The lowest BCUT2D eigenvalue weighted by Crippen LogP contribution is -2.53. The summed E-state index contributed by atoms with van der Waals surface area (Å²) in [4.78, 5) is 9.40. The van der Waals surface area contributed by atoms with Gasteiger partial charge in [-0.1, -0.05) is 0 Å². The van der Waals surface area contributed by atoms with Gasteiger partial charge in [0.05, 0.1) is 27.4 Å². The second-order valence-electron chi connectivity index (χ2n) is 8.55. The zero-order valence-corrected chi connectivity index (χ0v) is 19.7. The summed E-state index contributed by atoms with van der Waals surface area (Å²) in [5.41, 5.74) is 1.20. The van der Waals surface area contributed by atoms with Crippen molar-refractivity contribution < 1.29 is 14.2 Å². The molecule has 0 aromatic heterocycles. The molecule has 1 aromatic rings. The summed E-state index contributed by atoms with van der Waals surface area (Å²) in [6.07, 6.45) is 1.10. The highest BCUT2D eigenvalue weighted by atomic mass is 16.5. The first-order chi connectivity index (χ1) is 15.0. The van der Waals surface area contributed by atoms with Crippen LogP contribution in [0.5, 0.6) is 11.5 Å². The summed E-state index contributed by atoms with van der Waals surface area (Å²) in [7, 11) is 5.22. The molecule has 3 unspecified atom stereocenters.